The molecule has 1 N–H and O–H groups in total. The van der Waals surface area contributed by atoms with Gasteiger partial charge in [-0.05, 0) is 37.6 Å². The van der Waals surface area contributed by atoms with Crippen LogP contribution in [0.1, 0.15) is 36.5 Å². The van der Waals surface area contributed by atoms with Crippen molar-refractivity contribution in [2.75, 3.05) is 16.8 Å². The van der Waals surface area contributed by atoms with Crippen LogP contribution in [-0.4, -0.2) is 40.6 Å². The summed E-state index contributed by atoms with van der Waals surface area (Å²) in [5, 5.41) is 2.73. The second-order valence-corrected chi connectivity index (χ2v) is 9.12. The fraction of sp³-hybridized carbons (Fsp3) is 0.318. The lowest BCUT2D eigenvalue weighted by Crippen LogP contribution is -2.62. The van der Waals surface area contributed by atoms with Crippen LogP contribution in [0.3, 0.4) is 0 Å². The number of fused-ring (bicyclic) bond motifs is 3. The van der Waals surface area contributed by atoms with Crippen molar-refractivity contribution >= 4 is 52.5 Å². The molecule has 2 heterocycles. The van der Waals surface area contributed by atoms with Gasteiger partial charge in [-0.3, -0.25) is 19.3 Å². The summed E-state index contributed by atoms with van der Waals surface area (Å²) < 4.78 is 25.8. The highest BCUT2D eigenvalue weighted by molar-refractivity contribution is 7.99. The summed E-state index contributed by atoms with van der Waals surface area (Å²) in [6, 6.07) is 11.4. The third-order valence-corrected chi connectivity index (χ3v) is 7.04. The number of nitrogens with zero attached hydrogens (tertiary/aromatic N) is 2. The van der Waals surface area contributed by atoms with E-state index in [1.165, 1.54) is 12.1 Å². The first-order chi connectivity index (χ1) is 15.2. The van der Waals surface area contributed by atoms with Crippen LogP contribution in [0, 0.1) is 0 Å². The lowest BCUT2D eigenvalue weighted by Gasteiger charge is -2.48. The normalized spacial score (nSPS) is 19.9. The highest BCUT2D eigenvalue weighted by Gasteiger charge is 2.52. The van der Waals surface area contributed by atoms with Crippen LogP contribution in [0.15, 0.2) is 47.4 Å². The van der Waals surface area contributed by atoms with Crippen molar-refractivity contribution in [1.82, 2.24) is 4.90 Å². The molecule has 0 aromatic heterocycles. The lowest BCUT2D eigenvalue weighted by molar-refractivity contribution is -0.117. The topological polar surface area (TPSA) is 69.7 Å². The van der Waals surface area contributed by atoms with Crippen LogP contribution < -0.4 is 10.2 Å². The SMILES string of the molecule is CC12CCC(=O)N1c1ccccc1C(=O)N2CCC(=O)Nc1cccc(Cl)c1SC(F)F. The third kappa shape index (κ3) is 3.95. The molecule has 3 amide bonds. The predicted molar refractivity (Wildman–Crippen MR) is 119 cm³/mol. The molecule has 0 spiro atoms. The number of carbonyl (C=O) groups excluding carboxylic acids is 3. The van der Waals surface area contributed by atoms with E-state index in [1.807, 2.05) is 6.92 Å². The van der Waals surface area contributed by atoms with E-state index in [0.29, 0.717) is 24.1 Å². The van der Waals surface area contributed by atoms with E-state index in [0.717, 1.165) is 0 Å². The van der Waals surface area contributed by atoms with Crippen LogP contribution >= 0.6 is 23.4 Å². The zero-order valence-corrected chi connectivity index (χ0v) is 18.7. The molecule has 32 heavy (non-hydrogen) atoms. The molecule has 2 aromatic rings. The summed E-state index contributed by atoms with van der Waals surface area (Å²) in [6.07, 6.45) is 0.686. The molecule has 10 heteroatoms. The van der Waals surface area contributed by atoms with E-state index in [-0.39, 0.29) is 52.1 Å². The molecule has 1 atom stereocenters. The molecule has 0 bridgehead atoms. The number of halogens is 3. The Morgan fingerprint density at radius 1 is 1.22 bits per heavy atom. The van der Waals surface area contributed by atoms with Gasteiger partial charge < -0.3 is 10.2 Å². The lowest BCUT2D eigenvalue weighted by atomic mass is 9.98. The number of amides is 3. The Kier molecular flexibility index (Phi) is 6.13. The maximum absolute atomic E-state index is 13.2. The molecule has 2 aromatic carbocycles. The number of benzene rings is 2. The minimum Gasteiger partial charge on any atom is -0.325 e. The van der Waals surface area contributed by atoms with Crippen LogP contribution in [-0.2, 0) is 9.59 Å². The van der Waals surface area contributed by atoms with Gasteiger partial charge in [0.05, 0.1) is 26.9 Å². The Morgan fingerprint density at radius 2 is 1.97 bits per heavy atom. The number of rotatable bonds is 6. The van der Waals surface area contributed by atoms with Crippen molar-refractivity contribution in [2.24, 2.45) is 0 Å². The van der Waals surface area contributed by atoms with Gasteiger partial charge in [-0.2, -0.15) is 8.78 Å². The molecular formula is C22H20ClF2N3O3S. The number of para-hydroxylation sites is 1. The second-order valence-electron chi connectivity index (χ2n) is 7.71. The first-order valence-corrected chi connectivity index (χ1v) is 11.3. The van der Waals surface area contributed by atoms with Crippen LogP contribution in [0.5, 0.6) is 0 Å². The summed E-state index contributed by atoms with van der Waals surface area (Å²) in [4.78, 5) is 41.7. The van der Waals surface area contributed by atoms with E-state index < -0.39 is 17.3 Å². The summed E-state index contributed by atoms with van der Waals surface area (Å²) in [5.74, 6) is -3.47. The number of thioether (sulfide) groups is 1. The Balaban J connectivity index is 1.53. The second kappa shape index (κ2) is 8.71. The number of nitrogens with one attached hydrogen (secondary N) is 1. The molecule has 0 aliphatic carbocycles. The van der Waals surface area contributed by atoms with Gasteiger partial charge in [-0.15, -0.1) is 0 Å². The van der Waals surface area contributed by atoms with Crippen molar-refractivity contribution in [3.8, 4) is 0 Å². The summed E-state index contributed by atoms with van der Waals surface area (Å²) in [7, 11) is 0. The molecule has 6 nitrogen and oxygen atoms in total. The van der Waals surface area contributed by atoms with Gasteiger partial charge in [0.1, 0.15) is 5.66 Å². The summed E-state index contributed by atoms with van der Waals surface area (Å²) in [5.41, 5.74) is 0.309. The maximum atomic E-state index is 13.2. The zero-order valence-electron chi connectivity index (χ0n) is 17.1. The maximum Gasteiger partial charge on any atom is 0.289 e. The minimum atomic E-state index is -2.69. The average Bonchev–Trinajstić information content (AvgIpc) is 3.05. The number of alkyl halides is 2. The van der Waals surface area contributed by atoms with E-state index in [2.05, 4.69) is 5.32 Å². The fourth-order valence-corrected chi connectivity index (χ4v) is 5.20. The van der Waals surface area contributed by atoms with Gasteiger partial charge in [0, 0.05) is 19.4 Å². The molecule has 1 fully saturated rings. The quantitative estimate of drug-likeness (QED) is 0.593. The van der Waals surface area contributed by atoms with Crippen molar-refractivity contribution < 1.29 is 23.2 Å². The zero-order chi connectivity index (χ0) is 23.0. The molecule has 168 valence electrons. The van der Waals surface area contributed by atoms with E-state index in [9.17, 15) is 23.2 Å². The molecule has 4 rings (SSSR count). The first kappa shape index (κ1) is 22.5. The largest absolute Gasteiger partial charge is 0.325 e. The highest BCUT2D eigenvalue weighted by atomic mass is 35.5. The number of anilines is 2. The molecule has 0 saturated carbocycles. The van der Waals surface area contributed by atoms with E-state index in [4.69, 9.17) is 11.6 Å². The molecule has 2 aliphatic rings. The van der Waals surface area contributed by atoms with Gasteiger partial charge in [0.25, 0.3) is 11.7 Å². The molecular weight excluding hydrogens is 460 g/mol. The van der Waals surface area contributed by atoms with Gasteiger partial charge in [-0.1, -0.05) is 41.6 Å². The predicted octanol–water partition coefficient (Wildman–Crippen LogP) is 4.98. The Hall–Kier alpha value is -2.65. The first-order valence-electron chi connectivity index (χ1n) is 9.99. The smallest absolute Gasteiger partial charge is 0.289 e. The molecule has 1 unspecified atom stereocenters. The minimum absolute atomic E-state index is 0.0666. The van der Waals surface area contributed by atoms with E-state index in [1.54, 1.807) is 40.1 Å². The van der Waals surface area contributed by atoms with Gasteiger partial charge in [-0.25, -0.2) is 0 Å². The molecule has 0 radical (unpaired) electrons. The van der Waals surface area contributed by atoms with Gasteiger partial charge in [0.15, 0.2) is 0 Å². The fourth-order valence-electron chi connectivity index (χ4n) is 4.28. The third-order valence-electron chi connectivity index (χ3n) is 5.76. The number of hydrogen-bond donors (Lipinski definition) is 1. The molecule has 2 aliphatic heterocycles. The average molecular weight is 480 g/mol. The Morgan fingerprint density at radius 3 is 2.72 bits per heavy atom. The van der Waals surface area contributed by atoms with Crippen molar-refractivity contribution in [3.05, 3.63) is 53.1 Å². The van der Waals surface area contributed by atoms with Crippen molar-refractivity contribution in [2.45, 2.75) is 42.5 Å². The number of hydrogen-bond acceptors (Lipinski definition) is 4. The Bertz CT molecular complexity index is 1100. The molecule has 1 saturated heterocycles. The summed E-state index contributed by atoms with van der Waals surface area (Å²) >= 11 is 6.28. The van der Waals surface area contributed by atoms with Gasteiger partial charge >= 0.3 is 0 Å². The highest BCUT2D eigenvalue weighted by Crippen LogP contribution is 2.44. The van der Waals surface area contributed by atoms with Gasteiger partial charge in [0.2, 0.25) is 11.8 Å². The van der Waals surface area contributed by atoms with Crippen molar-refractivity contribution in [1.29, 1.82) is 0 Å². The Labute approximate surface area is 192 Å². The monoisotopic (exact) mass is 479 g/mol. The van der Waals surface area contributed by atoms with E-state index >= 15 is 0 Å². The standard InChI is InChI=1S/C22H20ClF2N3O3S/c1-22-11-9-18(30)28(22)16-8-3-2-5-13(16)20(31)27(22)12-10-17(29)26-15-7-4-6-14(23)19(15)32-21(24)25/h2-8,21H,9-12H2,1H3,(H,26,29). The van der Waals surface area contributed by atoms with Crippen LogP contribution in [0.2, 0.25) is 5.02 Å². The number of carbonyl (C=O) groups is 3. The van der Waals surface area contributed by atoms with Crippen LogP contribution in [0.4, 0.5) is 20.2 Å². The summed E-state index contributed by atoms with van der Waals surface area (Å²) in [6.45, 7) is 1.88. The van der Waals surface area contributed by atoms with Crippen molar-refractivity contribution in [3.63, 3.8) is 0 Å². The van der Waals surface area contributed by atoms with Crippen LogP contribution in [0.25, 0.3) is 0 Å².